The third kappa shape index (κ3) is 5.47. The van der Waals surface area contributed by atoms with Crippen LogP contribution >= 0.6 is 0 Å². The molecule has 0 radical (unpaired) electrons. The van der Waals surface area contributed by atoms with Crippen molar-refractivity contribution >= 4 is 5.91 Å². The van der Waals surface area contributed by atoms with Gasteiger partial charge in [-0.1, -0.05) is 36.4 Å². The number of nitrogens with zero attached hydrogens (tertiary/aromatic N) is 2. The van der Waals surface area contributed by atoms with E-state index >= 15 is 0 Å². The molecule has 0 atom stereocenters. The molecule has 156 valence electrons. The van der Waals surface area contributed by atoms with Gasteiger partial charge in [0.1, 0.15) is 0 Å². The number of ether oxygens (including phenoxy) is 2. The minimum atomic E-state index is -0.229. The zero-order valence-electron chi connectivity index (χ0n) is 17.1. The van der Waals surface area contributed by atoms with Gasteiger partial charge in [0.05, 0.1) is 26.5 Å². The number of aryl methyl sites for hydroxylation is 1. The van der Waals surface area contributed by atoms with Gasteiger partial charge in [0.2, 0.25) is 5.91 Å². The molecule has 0 aliphatic rings. The second-order valence-electron chi connectivity index (χ2n) is 6.69. The fourth-order valence-corrected chi connectivity index (χ4v) is 3.05. The first-order valence-electron chi connectivity index (χ1n) is 9.72. The van der Waals surface area contributed by atoms with Crippen LogP contribution in [0.25, 0.3) is 11.3 Å². The van der Waals surface area contributed by atoms with Crippen LogP contribution in [0.2, 0.25) is 0 Å². The quantitative estimate of drug-likeness (QED) is 0.590. The summed E-state index contributed by atoms with van der Waals surface area (Å²) in [6, 6.07) is 18.4. The van der Waals surface area contributed by atoms with Crippen LogP contribution in [0.3, 0.4) is 0 Å². The summed E-state index contributed by atoms with van der Waals surface area (Å²) in [6.07, 6.45) is 0.838. The molecule has 0 bridgehead atoms. The molecule has 1 aromatic heterocycles. The van der Waals surface area contributed by atoms with Gasteiger partial charge < -0.3 is 14.8 Å². The molecule has 0 spiro atoms. The molecule has 0 aliphatic carbocycles. The Bertz CT molecular complexity index is 1050. The fourth-order valence-electron chi connectivity index (χ4n) is 3.05. The highest BCUT2D eigenvalue weighted by atomic mass is 16.5. The molecule has 2 aromatic carbocycles. The molecular weight excluding hydrogens is 382 g/mol. The van der Waals surface area contributed by atoms with Gasteiger partial charge >= 0.3 is 0 Å². The molecular formula is C23H25N3O4. The van der Waals surface area contributed by atoms with E-state index < -0.39 is 0 Å². The molecule has 0 saturated heterocycles. The average molecular weight is 407 g/mol. The highest BCUT2D eigenvalue weighted by Crippen LogP contribution is 2.27. The second-order valence-corrected chi connectivity index (χ2v) is 6.69. The highest BCUT2D eigenvalue weighted by Gasteiger charge is 2.08. The Hall–Kier alpha value is -3.61. The Kier molecular flexibility index (Phi) is 7.21. The van der Waals surface area contributed by atoms with E-state index in [0.717, 1.165) is 11.1 Å². The molecule has 0 fully saturated rings. The summed E-state index contributed by atoms with van der Waals surface area (Å²) in [5.41, 5.74) is 2.42. The molecule has 30 heavy (non-hydrogen) atoms. The average Bonchev–Trinajstić information content (AvgIpc) is 2.79. The lowest BCUT2D eigenvalue weighted by molar-refractivity contribution is -0.121. The van der Waals surface area contributed by atoms with Crippen molar-refractivity contribution in [2.75, 3.05) is 20.8 Å². The first kappa shape index (κ1) is 21.1. The maximum atomic E-state index is 12.2. The number of carbonyl (C=O) groups excluding carboxylic acids is 1. The Morgan fingerprint density at radius 2 is 1.77 bits per heavy atom. The van der Waals surface area contributed by atoms with Crippen molar-refractivity contribution in [2.24, 2.45) is 0 Å². The molecule has 3 rings (SSSR count). The summed E-state index contributed by atoms with van der Waals surface area (Å²) in [7, 11) is 3.18. The van der Waals surface area contributed by atoms with Crippen LogP contribution in [-0.2, 0) is 17.8 Å². The third-order valence-corrected chi connectivity index (χ3v) is 4.67. The molecule has 3 aromatic rings. The molecule has 7 nitrogen and oxygen atoms in total. The number of rotatable bonds is 9. The lowest BCUT2D eigenvalue weighted by atomic mass is 10.1. The van der Waals surface area contributed by atoms with E-state index in [9.17, 15) is 9.59 Å². The van der Waals surface area contributed by atoms with E-state index in [1.165, 1.54) is 10.7 Å². The number of amides is 1. The Labute approximate surface area is 175 Å². The molecule has 0 unspecified atom stereocenters. The van der Waals surface area contributed by atoms with Crippen LogP contribution in [0, 0.1) is 0 Å². The highest BCUT2D eigenvalue weighted by molar-refractivity contribution is 5.75. The summed E-state index contributed by atoms with van der Waals surface area (Å²) in [4.78, 5) is 24.3. The lowest BCUT2D eigenvalue weighted by Gasteiger charge is -2.10. The van der Waals surface area contributed by atoms with Gasteiger partial charge in [-0.25, -0.2) is 4.68 Å². The topological polar surface area (TPSA) is 82.5 Å². The Morgan fingerprint density at radius 1 is 1.00 bits per heavy atom. The lowest BCUT2D eigenvalue weighted by Crippen LogP contribution is -2.29. The van der Waals surface area contributed by atoms with Crippen molar-refractivity contribution in [3.05, 3.63) is 76.6 Å². The summed E-state index contributed by atoms with van der Waals surface area (Å²) < 4.78 is 11.8. The fraction of sp³-hybridized carbons (Fsp3) is 0.261. The zero-order valence-corrected chi connectivity index (χ0v) is 17.1. The zero-order chi connectivity index (χ0) is 21.3. The van der Waals surface area contributed by atoms with Crippen molar-refractivity contribution in [1.29, 1.82) is 0 Å². The normalized spacial score (nSPS) is 10.5. The SMILES string of the molecule is COc1ccc(CCNC(=O)CCn2nc(-c3ccccc3)ccc2=O)cc1OC. The van der Waals surface area contributed by atoms with Gasteiger partial charge in [0, 0.05) is 24.6 Å². The molecule has 1 heterocycles. The number of carbonyl (C=O) groups is 1. The smallest absolute Gasteiger partial charge is 0.266 e. The molecule has 0 saturated carbocycles. The van der Waals surface area contributed by atoms with Gasteiger partial charge in [-0.05, 0) is 30.2 Å². The number of hydrogen-bond acceptors (Lipinski definition) is 5. The Morgan fingerprint density at radius 3 is 2.50 bits per heavy atom. The predicted molar refractivity (Wildman–Crippen MR) is 115 cm³/mol. The van der Waals surface area contributed by atoms with E-state index in [1.54, 1.807) is 20.3 Å². The number of hydrogen-bond donors (Lipinski definition) is 1. The van der Waals surface area contributed by atoms with E-state index in [2.05, 4.69) is 10.4 Å². The summed E-state index contributed by atoms with van der Waals surface area (Å²) in [5.74, 6) is 1.19. The number of aromatic nitrogens is 2. The van der Waals surface area contributed by atoms with E-state index in [4.69, 9.17) is 9.47 Å². The molecule has 0 aliphatic heterocycles. The van der Waals surface area contributed by atoms with Crippen molar-refractivity contribution < 1.29 is 14.3 Å². The van der Waals surface area contributed by atoms with E-state index in [1.807, 2.05) is 48.5 Å². The summed E-state index contributed by atoms with van der Waals surface area (Å²) in [6.45, 7) is 0.711. The van der Waals surface area contributed by atoms with Crippen molar-refractivity contribution in [3.8, 4) is 22.8 Å². The van der Waals surface area contributed by atoms with Gasteiger partial charge in [0.25, 0.3) is 5.56 Å². The van der Waals surface area contributed by atoms with Gasteiger partial charge in [-0.3, -0.25) is 9.59 Å². The number of benzene rings is 2. The molecule has 7 heteroatoms. The van der Waals surface area contributed by atoms with Gasteiger partial charge in [-0.15, -0.1) is 0 Å². The monoisotopic (exact) mass is 407 g/mol. The van der Waals surface area contributed by atoms with Crippen LogP contribution < -0.4 is 20.3 Å². The minimum Gasteiger partial charge on any atom is -0.493 e. The van der Waals surface area contributed by atoms with E-state index in [0.29, 0.717) is 30.2 Å². The summed E-state index contributed by atoms with van der Waals surface area (Å²) in [5, 5.41) is 7.26. The van der Waals surface area contributed by atoms with Gasteiger partial charge in [0.15, 0.2) is 11.5 Å². The third-order valence-electron chi connectivity index (χ3n) is 4.67. The maximum absolute atomic E-state index is 12.2. The van der Waals surface area contributed by atoms with Crippen LogP contribution in [0.15, 0.2) is 65.5 Å². The van der Waals surface area contributed by atoms with Gasteiger partial charge in [-0.2, -0.15) is 5.10 Å². The second kappa shape index (κ2) is 10.2. The largest absolute Gasteiger partial charge is 0.493 e. The van der Waals surface area contributed by atoms with Crippen molar-refractivity contribution in [3.63, 3.8) is 0 Å². The minimum absolute atomic E-state index is 0.130. The van der Waals surface area contributed by atoms with E-state index in [-0.39, 0.29) is 24.4 Å². The summed E-state index contributed by atoms with van der Waals surface area (Å²) >= 11 is 0. The first-order valence-corrected chi connectivity index (χ1v) is 9.72. The molecule has 1 N–H and O–H groups in total. The van der Waals surface area contributed by atoms with Crippen LogP contribution in [0.1, 0.15) is 12.0 Å². The standard InChI is InChI=1S/C23H25N3O4/c1-29-20-10-8-17(16-21(20)30-2)12-14-24-22(27)13-15-26-23(28)11-9-19(25-26)18-6-4-3-5-7-18/h3-11,16H,12-15H2,1-2H3,(H,24,27). The van der Waals surface area contributed by atoms with Crippen LogP contribution in [-0.4, -0.2) is 36.5 Å². The van der Waals surface area contributed by atoms with Crippen molar-refractivity contribution in [2.45, 2.75) is 19.4 Å². The Balaban J connectivity index is 1.52. The predicted octanol–water partition coefficient (Wildman–Crippen LogP) is 2.68. The number of methoxy groups -OCH3 is 2. The van der Waals surface area contributed by atoms with Crippen molar-refractivity contribution in [1.82, 2.24) is 15.1 Å². The van der Waals surface area contributed by atoms with Crippen LogP contribution in [0.5, 0.6) is 11.5 Å². The molecule has 1 amide bonds. The number of nitrogens with one attached hydrogen (secondary N) is 1. The maximum Gasteiger partial charge on any atom is 0.266 e. The van der Waals surface area contributed by atoms with Crippen LogP contribution in [0.4, 0.5) is 0 Å². The first-order chi connectivity index (χ1) is 14.6.